The molecule has 0 radical (unpaired) electrons. The lowest BCUT2D eigenvalue weighted by atomic mass is 10.1. The van der Waals surface area contributed by atoms with E-state index in [0.29, 0.717) is 5.69 Å². The van der Waals surface area contributed by atoms with Gasteiger partial charge in [0.2, 0.25) is 0 Å². The van der Waals surface area contributed by atoms with Gasteiger partial charge in [-0.25, -0.2) is 8.78 Å². The normalized spacial score (nSPS) is 12.5. The van der Waals surface area contributed by atoms with Gasteiger partial charge in [-0.05, 0) is 25.8 Å². The molecule has 0 heterocycles. The molecule has 2 nitrogen and oxygen atoms in total. The summed E-state index contributed by atoms with van der Waals surface area (Å²) in [7, 11) is 0. The van der Waals surface area contributed by atoms with E-state index in [9.17, 15) is 8.78 Å². The van der Waals surface area contributed by atoms with Gasteiger partial charge in [0, 0.05) is 18.7 Å². The fraction of sp³-hybridized carbons (Fsp3) is 0.571. The van der Waals surface area contributed by atoms with E-state index < -0.39 is 11.6 Å². The van der Waals surface area contributed by atoms with Crippen LogP contribution in [0.4, 0.5) is 20.2 Å². The third-order valence-corrected chi connectivity index (χ3v) is 3.26. The number of nitrogens with two attached hydrogens (primary N) is 1. The fourth-order valence-electron chi connectivity index (χ4n) is 1.94. The van der Waals surface area contributed by atoms with E-state index in [1.807, 2.05) is 11.8 Å². The highest BCUT2D eigenvalue weighted by Gasteiger charge is 2.18. The molecule has 18 heavy (non-hydrogen) atoms. The van der Waals surface area contributed by atoms with Crippen LogP contribution in [0.15, 0.2) is 12.1 Å². The van der Waals surface area contributed by atoms with E-state index in [4.69, 9.17) is 5.73 Å². The van der Waals surface area contributed by atoms with Crippen LogP contribution in [0, 0.1) is 11.6 Å². The number of nitrogen functional groups attached to an aromatic ring is 1. The molecule has 0 aromatic heterocycles. The van der Waals surface area contributed by atoms with E-state index in [1.54, 1.807) is 0 Å². The minimum absolute atomic E-state index is 0.0350. The van der Waals surface area contributed by atoms with Gasteiger partial charge in [0.1, 0.15) is 5.82 Å². The molecular formula is C14H22F2N2. The van der Waals surface area contributed by atoms with Crippen LogP contribution >= 0.6 is 0 Å². The summed E-state index contributed by atoms with van der Waals surface area (Å²) >= 11 is 0. The van der Waals surface area contributed by atoms with Crippen LogP contribution in [0.25, 0.3) is 0 Å². The summed E-state index contributed by atoms with van der Waals surface area (Å²) in [4.78, 5) is 1.99. The molecule has 1 rings (SSSR count). The Bertz CT molecular complexity index is 394. The standard InChI is InChI=1S/C14H22F2N2/c1-4-6-7-18(10(3)5-2)13-9-11(15)8-12(16)14(13)17/h8-10H,4-7,17H2,1-3H3. The molecular weight excluding hydrogens is 234 g/mol. The Balaban J connectivity index is 3.11. The Kier molecular flexibility index (Phi) is 5.38. The van der Waals surface area contributed by atoms with Gasteiger partial charge in [-0.3, -0.25) is 0 Å². The van der Waals surface area contributed by atoms with Crippen LogP contribution in [-0.4, -0.2) is 12.6 Å². The van der Waals surface area contributed by atoms with Crippen molar-refractivity contribution in [3.05, 3.63) is 23.8 Å². The quantitative estimate of drug-likeness (QED) is 0.781. The van der Waals surface area contributed by atoms with Crippen LogP contribution in [0.1, 0.15) is 40.0 Å². The van der Waals surface area contributed by atoms with Gasteiger partial charge in [-0.1, -0.05) is 20.3 Å². The number of halogens is 2. The Morgan fingerprint density at radius 1 is 1.28 bits per heavy atom. The number of unbranched alkanes of at least 4 members (excludes halogenated alkanes) is 1. The molecule has 0 saturated heterocycles. The molecule has 1 aromatic rings. The highest BCUT2D eigenvalue weighted by Crippen LogP contribution is 2.29. The summed E-state index contributed by atoms with van der Waals surface area (Å²) in [5.41, 5.74) is 6.24. The van der Waals surface area contributed by atoms with Crippen molar-refractivity contribution in [3.8, 4) is 0 Å². The van der Waals surface area contributed by atoms with Crippen molar-refractivity contribution in [3.63, 3.8) is 0 Å². The van der Waals surface area contributed by atoms with Gasteiger partial charge < -0.3 is 10.6 Å². The molecule has 0 aliphatic carbocycles. The van der Waals surface area contributed by atoms with Gasteiger partial charge in [-0.2, -0.15) is 0 Å². The predicted molar refractivity (Wildman–Crippen MR) is 72.8 cm³/mol. The van der Waals surface area contributed by atoms with E-state index in [-0.39, 0.29) is 11.7 Å². The van der Waals surface area contributed by atoms with Crippen molar-refractivity contribution >= 4 is 11.4 Å². The molecule has 2 N–H and O–H groups in total. The SMILES string of the molecule is CCCCN(c1cc(F)cc(F)c1N)C(C)CC. The zero-order valence-corrected chi connectivity index (χ0v) is 11.3. The van der Waals surface area contributed by atoms with Crippen molar-refractivity contribution in [2.24, 2.45) is 0 Å². The second-order valence-corrected chi connectivity index (χ2v) is 4.62. The summed E-state index contributed by atoms with van der Waals surface area (Å²) in [5.74, 6) is -1.27. The van der Waals surface area contributed by atoms with Crippen molar-refractivity contribution in [1.82, 2.24) is 0 Å². The smallest absolute Gasteiger partial charge is 0.151 e. The maximum atomic E-state index is 13.5. The van der Waals surface area contributed by atoms with Gasteiger partial charge in [-0.15, -0.1) is 0 Å². The van der Waals surface area contributed by atoms with Crippen LogP contribution in [0.3, 0.4) is 0 Å². The molecule has 102 valence electrons. The van der Waals surface area contributed by atoms with Crippen LogP contribution in [0.5, 0.6) is 0 Å². The number of rotatable bonds is 6. The first-order valence-electron chi connectivity index (χ1n) is 6.52. The number of hydrogen-bond acceptors (Lipinski definition) is 2. The van der Waals surface area contributed by atoms with Crippen molar-refractivity contribution in [2.75, 3.05) is 17.2 Å². The largest absolute Gasteiger partial charge is 0.395 e. The Hall–Kier alpha value is -1.32. The number of hydrogen-bond donors (Lipinski definition) is 1. The highest BCUT2D eigenvalue weighted by molar-refractivity contribution is 5.68. The summed E-state index contributed by atoms with van der Waals surface area (Å²) in [5, 5.41) is 0. The molecule has 0 spiro atoms. The second kappa shape index (κ2) is 6.57. The van der Waals surface area contributed by atoms with E-state index >= 15 is 0 Å². The van der Waals surface area contributed by atoms with Gasteiger partial charge in [0.15, 0.2) is 5.82 Å². The maximum Gasteiger partial charge on any atom is 0.151 e. The second-order valence-electron chi connectivity index (χ2n) is 4.62. The van der Waals surface area contributed by atoms with E-state index in [0.717, 1.165) is 31.9 Å². The minimum atomic E-state index is -0.685. The highest BCUT2D eigenvalue weighted by atomic mass is 19.1. The number of nitrogens with zero attached hydrogens (tertiary/aromatic N) is 1. The molecule has 1 unspecified atom stereocenters. The molecule has 4 heteroatoms. The third-order valence-electron chi connectivity index (χ3n) is 3.26. The first-order chi connectivity index (χ1) is 8.51. The van der Waals surface area contributed by atoms with Crippen molar-refractivity contribution in [1.29, 1.82) is 0 Å². The molecule has 1 aromatic carbocycles. The van der Waals surface area contributed by atoms with E-state index in [1.165, 1.54) is 6.07 Å². The monoisotopic (exact) mass is 256 g/mol. The average molecular weight is 256 g/mol. The first-order valence-corrected chi connectivity index (χ1v) is 6.52. The van der Waals surface area contributed by atoms with E-state index in [2.05, 4.69) is 13.8 Å². The number of benzene rings is 1. The topological polar surface area (TPSA) is 29.3 Å². The van der Waals surface area contributed by atoms with Crippen LogP contribution in [-0.2, 0) is 0 Å². The molecule has 0 bridgehead atoms. The maximum absolute atomic E-state index is 13.5. The lowest BCUT2D eigenvalue weighted by Crippen LogP contribution is -2.34. The fourth-order valence-corrected chi connectivity index (χ4v) is 1.94. The molecule has 1 atom stereocenters. The molecule has 0 fully saturated rings. The zero-order chi connectivity index (χ0) is 13.7. The van der Waals surface area contributed by atoms with Gasteiger partial charge in [0.25, 0.3) is 0 Å². The Morgan fingerprint density at radius 2 is 1.94 bits per heavy atom. The summed E-state index contributed by atoms with van der Waals surface area (Å²) in [6.45, 7) is 6.94. The van der Waals surface area contributed by atoms with Gasteiger partial charge in [0.05, 0.1) is 11.4 Å². The Labute approximate surface area is 108 Å². The number of anilines is 2. The minimum Gasteiger partial charge on any atom is -0.395 e. The van der Waals surface area contributed by atoms with Crippen LogP contribution in [0.2, 0.25) is 0 Å². The molecule has 0 aliphatic rings. The molecule has 0 saturated carbocycles. The Morgan fingerprint density at radius 3 is 2.50 bits per heavy atom. The zero-order valence-electron chi connectivity index (χ0n) is 11.3. The molecule has 0 amide bonds. The van der Waals surface area contributed by atoms with Crippen molar-refractivity contribution in [2.45, 2.75) is 46.1 Å². The lowest BCUT2D eigenvalue weighted by Gasteiger charge is -2.32. The van der Waals surface area contributed by atoms with Crippen molar-refractivity contribution < 1.29 is 8.78 Å². The summed E-state index contributed by atoms with van der Waals surface area (Å²) in [6, 6.07) is 2.35. The molecule has 0 aliphatic heterocycles. The van der Waals surface area contributed by atoms with Gasteiger partial charge >= 0.3 is 0 Å². The first kappa shape index (κ1) is 14.7. The summed E-state index contributed by atoms with van der Waals surface area (Å²) in [6.07, 6.45) is 2.91. The lowest BCUT2D eigenvalue weighted by molar-refractivity contribution is 0.570. The third kappa shape index (κ3) is 3.34. The average Bonchev–Trinajstić information content (AvgIpc) is 2.34. The summed E-state index contributed by atoms with van der Waals surface area (Å²) < 4.78 is 26.8. The predicted octanol–water partition coefficient (Wildman–Crippen LogP) is 3.95. The van der Waals surface area contributed by atoms with Crippen LogP contribution < -0.4 is 10.6 Å².